The van der Waals surface area contributed by atoms with Crippen LogP contribution in [-0.2, 0) is 0 Å². The van der Waals surface area contributed by atoms with Crippen molar-refractivity contribution in [2.75, 3.05) is 10.6 Å². The molecule has 1 amide bonds. The van der Waals surface area contributed by atoms with E-state index < -0.39 is 0 Å². The number of nitrogens with zero attached hydrogens (tertiary/aromatic N) is 2. The molecule has 2 N–H and O–H groups in total. The fraction of sp³-hybridized carbons (Fsp3) is 0.105. The number of amides is 1. The van der Waals surface area contributed by atoms with E-state index in [1.165, 1.54) is 0 Å². The molecule has 3 aromatic rings. The standard InChI is InChI=1S/C19H16Cl2N4O/c1-11-5-3-4-6-16(11)24-18(26)17-7-12(2)22-19(25-17)23-15-9-13(20)8-14(21)10-15/h3-10H,1-2H3,(H,24,26)(H,22,23,25). The van der Waals surface area contributed by atoms with E-state index in [1.807, 2.05) is 31.2 Å². The highest BCUT2D eigenvalue weighted by molar-refractivity contribution is 6.35. The number of carbonyl (C=O) groups is 1. The van der Waals surface area contributed by atoms with Crippen LogP contribution in [0.5, 0.6) is 0 Å². The number of para-hydroxylation sites is 1. The molecule has 26 heavy (non-hydrogen) atoms. The number of hydrogen-bond donors (Lipinski definition) is 2. The number of hydrogen-bond acceptors (Lipinski definition) is 4. The summed E-state index contributed by atoms with van der Waals surface area (Å²) in [6, 6.07) is 14.2. The molecule has 0 bridgehead atoms. The normalized spacial score (nSPS) is 10.5. The van der Waals surface area contributed by atoms with Crippen molar-refractivity contribution in [2.45, 2.75) is 13.8 Å². The summed E-state index contributed by atoms with van der Waals surface area (Å²) in [6.45, 7) is 3.72. The molecule has 0 unspecified atom stereocenters. The van der Waals surface area contributed by atoms with Crippen molar-refractivity contribution in [2.24, 2.45) is 0 Å². The summed E-state index contributed by atoms with van der Waals surface area (Å²) >= 11 is 12.0. The third-order valence-electron chi connectivity index (χ3n) is 3.60. The van der Waals surface area contributed by atoms with Crippen molar-refractivity contribution in [1.82, 2.24) is 9.97 Å². The Morgan fingerprint density at radius 1 is 0.962 bits per heavy atom. The lowest BCUT2D eigenvalue weighted by Crippen LogP contribution is -2.16. The van der Waals surface area contributed by atoms with Gasteiger partial charge < -0.3 is 10.6 Å². The van der Waals surface area contributed by atoms with Gasteiger partial charge >= 0.3 is 0 Å². The van der Waals surface area contributed by atoms with Gasteiger partial charge in [-0.15, -0.1) is 0 Å². The molecule has 0 fully saturated rings. The Morgan fingerprint density at radius 2 is 1.65 bits per heavy atom. The lowest BCUT2D eigenvalue weighted by Gasteiger charge is -2.10. The van der Waals surface area contributed by atoms with Crippen LogP contribution in [0.15, 0.2) is 48.5 Å². The van der Waals surface area contributed by atoms with Crippen molar-refractivity contribution in [3.63, 3.8) is 0 Å². The number of rotatable bonds is 4. The third kappa shape index (κ3) is 4.50. The summed E-state index contributed by atoms with van der Waals surface area (Å²) in [6.07, 6.45) is 0. The quantitative estimate of drug-likeness (QED) is 0.629. The fourth-order valence-corrected chi connectivity index (χ4v) is 2.92. The second-order valence-corrected chi connectivity index (χ2v) is 6.64. The highest BCUT2D eigenvalue weighted by Gasteiger charge is 2.12. The van der Waals surface area contributed by atoms with Crippen LogP contribution in [0, 0.1) is 13.8 Å². The largest absolute Gasteiger partial charge is 0.324 e. The van der Waals surface area contributed by atoms with Gasteiger partial charge in [0, 0.05) is 27.1 Å². The molecule has 132 valence electrons. The summed E-state index contributed by atoms with van der Waals surface area (Å²) in [4.78, 5) is 21.2. The Balaban J connectivity index is 1.85. The topological polar surface area (TPSA) is 66.9 Å². The molecule has 0 aliphatic rings. The molecule has 1 heterocycles. The van der Waals surface area contributed by atoms with Crippen molar-refractivity contribution in [1.29, 1.82) is 0 Å². The van der Waals surface area contributed by atoms with Crippen LogP contribution in [0.25, 0.3) is 0 Å². The Morgan fingerprint density at radius 3 is 2.35 bits per heavy atom. The number of anilines is 3. The summed E-state index contributed by atoms with van der Waals surface area (Å²) in [7, 11) is 0. The van der Waals surface area contributed by atoms with Gasteiger partial charge in [-0.3, -0.25) is 4.79 Å². The number of carbonyl (C=O) groups excluding carboxylic acids is 1. The van der Waals surface area contributed by atoms with Crippen molar-refractivity contribution < 1.29 is 4.79 Å². The Labute approximate surface area is 161 Å². The molecule has 7 heteroatoms. The lowest BCUT2D eigenvalue weighted by molar-refractivity contribution is 0.102. The first-order chi connectivity index (χ1) is 12.4. The zero-order valence-electron chi connectivity index (χ0n) is 14.2. The first-order valence-electron chi connectivity index (χ1n) is 7.86. The second-order valence-electron chi connectivity index (χ2n) is 5.77. The maximum absolute atomic E-state index is 12.6. The fourth-order valence-electron chi connectivity index (χ4n) is 2.40. The summed E-state index contributed by atoms with van der Waals surface area (Å²) in [5.74, 6) is -0.0183. The maximum atomic E-state index is 12.6. The Bertz CT molecular complexity index is 955. The van der Waals surface area contributed by atoms with Gasteiger partial charge in [0.1, 0.15) is 5.69 Å². The molecule has 0 saturated carbocycles. The molecular formula is C19H16Cl2N4O. The van der Waals surface area contributed by atoms with E-state index in [-0.39, 0.29) is 11.6 Å². The van der Waals surface area contributed by atoms with E-state index in [1.54, 1.807) is 31.2 Å². The van der Waals surface area contributed by atoms with Gasteiger partial charge in [-0.1, -0.05) is 41.4 Å². The average Bonchev–Trinajstić information content (AvgIpc) is 2.55. The van der Waals surface area contributed by atoms with Gasteiger partial charge in [0.15, 0.2) is 0 Å². The Kier molecular flexibility index (Phi) is 5.40. The van der Waals surface area contributed by atoms with Crippen LogP contribution < -0.4 is 10.6 Å². The van der Waals surface area contributed by atoms with Crippen LogP contribution in [0.1, 0.15) is 21.7 Å². The van der Waals surface area contributed by atoms with Gasteiger partial charge in [0.2, 0.25) is 5.95 Å². The molecule has 0 atom stereocenters. The SMILES string of the molecule is Cc1cc(C(=O)Nc2ccccc2C)nc(Nc2cc(Cl)cc(Cl)c2)n1. The maximum Gasteiger partial charge on any atom is 0.274 e. The van der Waals surface area contributed by atoms with Crippen LogP contribution in [0.4, 0.5) is 17.3 Å². The van der Waals surface area contributed by atoms with E-state index >= 15 is 0 Å². The molecule has 1 aromatic heterocycles. The van der Waals surface area contributed by atoms with Crippen molar-refractivity contribution in [3.05, 3.63) is 75.5 Å². The molecule has 3 rings (SSSR count). The second kappa shape index (κ2) is 7.72. The minimum atomic E-state index is -0.308. The number of nitrogens with one attached hydrogen (secondary N) is 2. The highest BCUT2D eigenvalue weighted by Crippen LogP contribution is 2.24. The van der Waals surface area contributed by atoms with Gasteiger partial charge in [-0.2, -0.15) is 0 Å². The van der Waals surface area contributed by atoms with Gasteiger partial charge in [0.25, 0.3) is 5.91 Å². The minimum absolute atomic E-state index is 0.261. The number of aryl methyl sites for hydroxylation is 2. The minimum Gasteiger partial charge on any atom is -0.324 e. The summed E-state index contributed by atoms with van der Waals surface area (Å²) in [5, 5.41) is 6.87. The van der Waals surface area contributed by atoms with Crippen LogP contribution in [0.3, 0.4) is 0 Å². The van der Waals surface area contributed by atoms with Gasteiger partial charge in [-0.25, -0.2) is 9.97 Å². The van der Waals surface area contributed by atoms with Gasteiger partial charge in [0.05, 0.1) is 0 Å². The molecule has 0 aliphatic carbocycles. The van der Waals surface area contributed by atoms with Crippen molar-refractivity contribution in [3.8, 4) is 0 Å². The first-order valence-corrected chi connectivity index (χ1v) is 8.62. The van der Waals surface area contributed by atoms with E-state index in [4.69, 9.17) is 23.2 Å². The zero-order valence-corrected chi connectivity index (χ0v) is 15.7. The smallest absolute Gasteiger partial charge is 0.274 e. The average molecular weight is 387 g/mol. The van der Waals surface area contributed by atoms with E-state index in [0.29, 0.717) is 27.4 Å². The van der Waals surface area contributed by atoms with Crippen LogP contribution >= 0.6 is 23.2 Å². The number of benzene rings is 2. The van der Waals surface area contributed by atoms with Crippen molar-refractivity contribution >= 4 is 46.4 Å². The summed E-state index contributed by atoms with van der Waals surface area (Å²) in [5.41, 5.74) is 3.27. The molecule has 2 aromatic carbocycles. The molecule has 0 aliphatic heterocycles. The lowest BCUT2D eigenvalue weighted by atomic mass is 10.2. The molecule has 0 saturated heterocycles. The monoisotopic (exact) mass is 386 g/mol. The van der Waals surface area contributed by atoms with Gasteiger partial charge in [-0.05, 0) is 49.7 Å². The first kappa shape index (κ1) is 18.2. The molecule has 5 nitrogen and oxygen atoms in total. The number of aromatic nitrogens is 2. The predicted octanol–water partition coefficient (Wildman–Crippen LogP) is 5.40. The predicted molar refractivity (Wildman–Crippen MR) is 106 cm³/mol. The number of halogens is 2. The molecule has 0 spiro atoms. The van der Waals surface area contributed by atoms with Crippen LogP contribution in [0.2, 0.25) is 10.0 Å². The molecular weight excluding hydrogens is 371 g/mol. The third-order valence-corrected chi connectivity index (χ3v) is 4.04. The van der Waals surface area contributed by atoms with E-state index in [0.717, 1.165) is 11.3 Å². The molecule has 0 radical (unpaired) electrons. The zero-order chi connectivity index (χ0) is 18.7. The Hall–Kier alpha value is -2.63. The highest BCUT2D eigenvalue weighted by atomic mass is 35.5. The summed E-state index contributed by atoms with van der Waals surface area (Å²) < 4.78 is 0. The van der Waals surface area contributed by atoms with E-state index in [9.17, 15) is 4.79 Å². The van der Waals surface area contributed by atoms with Crippen LogP contribution in [-0.4, -0.2) is 15.9 Å². The van der Waals surface area contributed by atoms with E-state index in [2.05, 4.69) is 20.6 Å².